The van der Waals surface area contributed by atoms with Crippen LogP contribution in [0.5, 0.6) is 0 Å². The molecule has 0 bridgehead atoms. The minimum absolute atomic E-state index is 0. The van der Waals surface area contributed by atoms with Crippen LogP contribution in [0.25, 0.3) is 22.3 Å². The summed E-state index contributed by atoms with van der Waals surface area (Å²) in [4.78, 5) is 128. The minimum Gasteiger partial charge on any atom is -0.469 e. The fraction of sp³-hybridized carbons (Fsp3) is 0.493. The molecule has 500 valence electrons. The van der Waals surface area contributed by atoms with E-state index in [2.05, 4.69) is 126 Å². The molecule has 1 heterocycles. The summed E-state index contributed by atoms with van der Waals surface area (Å²) in [6.07, 6.45) is 2.10. The summed E-state index contributed by atoms with van der Waals surface area (Å²) < 4.78 is 20.5. The lowest BCUT2D eigenvalue weighted by Gasteiger charge is -2.21. The maximum absolute atomic E-state index is 13.1. The second kappa shape index (κ2) is 37.5. The first-order chi connectivity index (χ1) is 43.5. The Hall–Kier alpha value is -7.22. The number of hydrogen-bond donors (Lipinski definition) is 5. The summed E-state index contributed by atoms with van der Waals surface area (Å²) in [6.45, 7) is 13.5. The number of methoxy groups -OCH3 is 2. The summed E-state index contributed by atoms with van der Waals surface area (Å²) >= 11 is 0. The quantitative estimate of drug-likeness (QED) is 0.0103. The van der Waals surface area contributed by atoms with Gasteiger partial charge in [0.05, 0.1) is 20.6 Å². The van der Waals surface area contributed by atoms with Gasteiger partial charge < -0.3 is 50.4 Å². The Morgan fingerprint density at radius 1 is 0.511 bits per heavy atom. The number of fused-ring (bicyclic) bond motifs is 6. The number of nitrogens with one attached hydrogen (secondary N) is 5. The number of amides is 7. The van der Waals surface area contributed by atoms with Gasteiger partial charge in [-0.15, -0.1) is 5.06 Å². The Bertz CT molecular complexity index is 3080. The van der Waals surface area contributed by atoms with Crippen LogP contribution in [-0.2, 0) is 62.1 Å². The SMILES string of the molecule is C.CC(C)(C)SSCC(NC(=O)OCC1c2ccccc2-c2ccccc21)C(=O)NCCCCCC(=O)ON1C(=O)CCC1=O.COC(=O)CC(NC(=O)CCCCCNC(=O)C(CSSC(C)(C)C)NC(=O)OCC1c2ccccc2-c2ccccc21)C(=O)OC. The van der Waals surface area contributed by atoms with Crippen LogP contribution in [0.4, 0.5) is 9.59 Å². The molecule has 0 aromatic heterocycles. The smallest absolute Gasteiger partial charge is 0.407 e. The van der Waals surface area contributed by atoms with Gasteiger partial charge in [0.15, 0.2) is 0 Å². The largest absolute Gasteiger partial charge is 0.469 e. The zero-order valence-corrected chi connectivity index (χ0v) is 56.1. The fourth-order valence-corrected chi connectivity index (χ4v) is 14.9. The van der Waals surface area contributed by atoms with Gasteiger partial charge >= 0.3 is 30.1 Å². The van der Waals surface area contributed by atoms with Gasteiger partial charge in [0.2, 0.25) is 17.7 Å². The molecule has 3 aliphatic rings. The topological polar surface area (TPSA) is 280 Å². The van der Waals surface area contributed by atoms with Crippen LogP contribution in [0.2, 0.25) is 0 Å². The molecule has 7 amide bonds. The van der Waals surface area contributed by atoms with E-state index >= 15 is 0 Å². The van der Waals surface area contributed by atoms with Gasteiger partial charge in [0, 0.05) is 71.6 Å². The number of benzene rings is 4. The van der Waals surface area contributed by atoms with E-state index in [9.17, 15) is 47.9 Å². The van der Waals surface area contributed by atoms with E-state index in [4.69, 9.17) is 14.3 Å². The number of carbonyl (C=O) groups excluding carboxylic acids is 10. The molecule has 3 atom stereocenters. The van der Waals surface area contributed by atoms with Crippen molar-refractivity contribution in [3.63, 3.8) is 0 Å². The van der Waals surface area contributed by atoms with Crippen LogP contribution in [0.1, 0.15) is 154 Å². The maximum Gasteiger partial charge on any atom is 0.407 e. The van der Waals surface area contributed by atoms with E-state index < -0.39 is 65.9 Å². The number of hydroxylamine groups is 2. The average Bonchev–Trinajstić information content (AvgIpc) is 1.64. The highest BCUT2D eigenvalue weighted by Gasteiger charge is 2.35. The number of unbranched alkanes of at least 4 members (excludes halogenated alkanes) is 4. The lowest BCUT2D eigenvalue weighted by Crippen LogP contribution is -2.48. The van der Waals surface area contributed by atoms with E-state index in [0.29, 0.717) is 68.2 Å². The van der Waals surface area contributed by atoms with Crippen LogP contribution < -0.4 is 26.6 Å². The molecule has 7 rings (SSSR count). The van der Waals surface area contributed by atoms with Crippen LogP contribution in [0, 0.1) is 0 Å². The predicted molar refractivity (Wildman–Crippen MR) is 361 cm³/mol. The van der Waals surface area contributed by atoms with Crippen molar-refractivity contribution in [1.29, 1.82) is 0 Å². The fourth-order valence-electron chi connectivity index (χ4n) is 9.97. The zero-order valence-electron chi connectivity index (χ0n) is 52.8. The number of carbonyl (C=O) groups is 10. The molecule has 21 nitrogen and oxygen atoms in total. The van der Waals surface area contributed by atoms with Crippen molar-refractivity contribution in [2.75, 3.05) is 52.0 Å². The van der Waals surface area contributed by atoms with Crippen molar-refractivity contribution < 1.29 is 71.7 Å². The van der Waals surface area contributed by atoms with E-state index in [1.807, 2.05) is 48.5 Å². The number of ether oxygens (including phenoxy) is 4. The van der Waals surface area contributed by atoms with Crippen molar-refractivity contribution in [3.05, 3.63) is 119 Å². The van der Waals surface area contributed by atoms with E-state index in [1.54, 1.807) is 21.6 Å². The normalized spacial score (nSPS) is 14.0. The highest BCUT2D eigenvalue weighted by Crippen LogP contribution is 2.46. The zero-order chi connectivity index (χ0) is 66.1. The number of imide groups is 1. The van der Waals surface area contributed by atoms with Crippen LogP contribution in [-0.4, -0.2) is 144 Å². The lowest BCUT2D eigenvalue weighted by molar-refractivity contribution is -0.197. The summed E-state index contributed by atoms with van der Waals surface area (Å²) in [5.41, 5.74) is 8.98. The van der Waals surface area contributed by atoms with Gasteiger partial charge in [-0.2, -0.15) is 0 Å². The molecule has 0 saturated carbocycles. The molecule has 5 N–H and O–H groups in total. The molecule has 4 aromatic carbocycles. The summed E-state index contributed by atoms with van der Waals surface area (Å²) in [5, 5.41) is 14.3. The highest BCUT2D eigenvalue weighted by atomic mass is 33.1. The monoisotopic (exact) mass is 1340 g/mol. The molecular formula is C67H88N6O15S4. The Labute approximate surface area is 555 Å². The Morgan fingerprint density at radius 2 is 0.902 bits per heavy atom. The van der Waals surface area contributed by atoms with Gasteiger partial charge in [-0.05, 0) is 70.2 Å². The first kappa shape index (κ1) is 75.5. The lowest BCUT2D eigenvalue weighted by atomic mass is 9.98. The third kappa shape index (κ3) is 24.0. The third-order valence-electron chi connectivity index (χ3n) is 14.3. The first-order valence-corrected chi connectivity index (χ1v) is 35.0. The number of esters is 2. The van der Waals surface area contributed by atoms with Gasteiger partial charge in [0.25, 0.3) is 11.8 Å². The second-order valence-electron chi connectivity index (χ2n) is 23.7. The number of hydrogen-bond acceptors (Lipinski definition) is 19. The molecule has 92 heavy (non-hydrogen) atoms. The molecular weight excluding hydrogens is 1260 g/mol. The Balaban J connectivity index is 0.000000331. The van der Waals surface area contributed by atoms with Crippen LogP contribution in [0.3, 0.4) is 0 Å². The summed E-state index contributed by atoms with van der Waals surface area (Å²) in [5.74, 6) is -3.52. The Morgan fingerprint density at radius 3 is 1.28 bits per heavy atom. The standard InChI is InChI=1S/C34H45N3O8S2.C32H39N3O7S2.CH4/c1-34(2,3)47-46-21-28(31(40)35-18-12-6-7-17-29(38)36-27(32(41)44-5)19-30(39)43-4)37-33(42)45-20-26-24-15-10-8-13-22(24)23-14-9-11-16-25(23)26;1-32(2,3)44-43-20-26(30(39)33-18-10-4-5-15-29(38)42-35-27(36)16-17-28(35)37)34-31(40)41-19-25-23-13-8-6-11-21(23)22-12-7-9-14-24(22)25;/h8-11,13-16,26-28H,6-7,12,17-21H2,1-5H3,(H,35,40)(H,36,38)(H,37,42);6-9,11-14,25-26H,4-5,10,15-20H2,1-3H3,(H,33,39)(H,34,40);1H4. The van der Waals surface area contributed by atoms with E-state index in [1.165, 1.54) is 35.8 Å². The van der Waals surface area contributed by atoms with Gasteiger partial charge in [0.1, 0.15) is 31.3 Å². The second-order valence-corrected chi connectivity index (χ2v) is 30.0. The predicted octanol–water partition coefficient (Wildman–Crippen LogP) is 11.0. The first-order valence-electron chi connectivity index (χ1n) is 30.4. The van der Waals surface area contributed by atoms with E-state index in [-0.39, 0.29) is 85.9 Å². The molecule has 1 fully saturated rings. The molecule has 0 spiro atoms. The number of rotatable bonds is 31. The van der Waals surface area contributed by atoms with Crippen LogP contribution in [0.15, 0.2) is 97.1 Å². The number of alkyl carbamates (subject to hydrolysis) is 2. The van der Waals surface area contributed by atoms with Crippen molar-refractivity contribution in [2.45, 2.75) is 159 Å². The maximum atomic E-state index is 13.1. The highest BCUT2D eigenvalue weighted by molar-refractivity contribution is 8.77. The average molecular weight is 1350 g/mol. The van der Waals surface area contributed by atoms with Gasteiger partial charge in [-0.1, -0.05) is 202 Å². The van der Waals surface area contributed by atoms with Crippen molar-refractivity contribution in [3.8, 4) is 22.3 Å². The van der Waals surface area contributed by atoms with Crippen molar-refractivity contribution >= 4 is 103 Å². The minimum atomic E-state index is -1.12. The number of nitrogens with zero attached hydrogens (tertiary/aromatic N) is 1. The van der Waals surface area contributed by atoms with Gasteiger partial charge in [-0.3, -0.25) is 28.8 Å². The molecule has 4 aromatic rings. The molecule has 2 aliphatic carbocycles. The molecule has 3 unspecified atom stereocenters. The van der Waals surface area contributed by atoms with Gasteiger partial charge in [-0.25, -0.2) is 19.2 Å². The van der Waals surface area contributed by atoms with Crippen LogP contribution >= 0.6 is 43.2 Å². The van der Waals surface area contributed by atoms with Crippen molar-refractivity contribution in [1.82, 2.24) is 31.6 Å². The Kier molecular flexibility index (Phi) is 30.8. The van der Waals surface area contributed by atoms with Crippen molar-refractivity contribution in [2.24, 2.45) is 0 Å². The third-order valence-corrected chi connectivity index (χ3v) is 21.0. The molecule has 25 heteroatoms. The molecule has 1 saturated heterocycles. The summed E-state index contributed by atoms with van der Waals surface area (Å²) in [6, 6.07) is 29.7. The molecule has 1 aliphatic heterocycles. The summed E-state index contributed by atoms with van der Waals surface area (Å²) in [7, 11) is 8.64. The molecule has 0 radical (unpaired) electrons. The van der Waals surface area contributed by atoms with E-state index in [0.717, 1.165) is 44.5 Å².